The quantitative estimate of drug-likeness (QED) is 0.802. The highest BCUT2D eigenvalue weighted by atomic mass is 19.1. The summed E-state index contributed by atoms with van der Waals surface area (Å²) in [6, 6.07) is 8.33. The number of aromatic nitrogens is 2. The summed E-state index contributed by atoms with van der Waals surface area (Å²) in [6.45, 7) is 1.98. The van der Waals surface area contributed by atoms with Crippen LogP contribution in [0.1, 0.15) is 24.1 Å². The van der Waals surface area contributed by atoms with Gasteiger partial charge in [-0.3, -0.25) is 9.78 Å². The number of halogens is 1. The van der Waals surface area contributed by atoms with E-state index < -0.39 is 0 Å². The molecule has 0 aliphatic rings. The number of carbonyl (C=O) groups excluding carboxylic acids is 1. The average molecular weight is 311 g/mol. The number of likely N-dealkylation sites (N-methyl/N-ethyl adjacent to an activating group) is 1. The van der Waals surface area contributed by atoms with Crippen molar-refractivity contribution in [3.05, 3.63) is 65.9 Å². The Hall–Kier alpha value is -2.69. The summed E-state index contributed by atoms with van der Waals surface area (Å²) in [5.41, 5.74) is 2.62. The molecule has 2 heterocycles. The zero-order valence-corrected chi connectivity index (χ0v) is 13.1. The number of carbonyl (C=O) groups is 1. The molecule has 23 heavy (non-hydrogen) atoms. The molecule has 1 amide bonds. The van der Waals surface area contributed by atoms with Gasteiger partial charge in [-0.2, -0.15) is 0 Å². The van der Waals surface area contributed by atoms with Crippen molar-refractivity contribution < 1.29 is 9.18 Å². The van der Waals surface area contributed by atoms with Crippen LogP contribution in [0.25, 0.3) is 10.9 Å². The fraction of sp³-hybridized carbons (Fsp3) is 0.222. The first-order valence-corrected chi connectivity index (χ1v) is 7.47. The van der Waals surface area contributed by atoms with E-state index in [1.807, 2.05) is 19.1 Å². The number of benzene rings is 1. The topological polar surface area (TPSA) is 49.0 Å². The Labute approximate surface area is 134 Å². The maximum atomic E-state index is 13.2. The van der Waals surface area contributed by atoms with E-state index in [0.717, 1.165) is 16.5 Å². The van der Waals surface area contributed by atoms with Gasteiger partial charge in [0.1, 0.15) is 5.82 Å². The number of hydrogen-bond acceptors (Lipinski definition) is 2. The van der Waals surface area contributed by atoms with E-state index in [0.29, 0.717) is 5.52 Å². The van der Waals surface area contributed by atoms with Crippen LogP contribution in [-0.2, 0) is 11.2 Å². The van der Waals surface area contributed by atoms with E-state index in [-0.39, 0.29) is 24.2 Å². The van der Waals surface area contributed by atoms with Crippen LogP contribution in [0.15, 0.2) is 48.9 Å². The van der Waals surface area contributed by atoms with Gasteiger partial charge in [-0.05, 0) is 48.4 Å². The van der Waals surface area contributed by atoms with E-state index in [2.05, 4.69) is 9.97 Å². The molecule has 0 aliphatic heterocycles. The number of hydrogen-bond donors (Lipinski definition) is 1. The second-order valence-corrected chi connectivity index (χ2v) is 5.64. The van der Waals surface area contributed by atoms with E-state index in [1.54, 1.807) is 36.6 Å². The van der Waals surface area contributed by atoms with Crippen molar-refractivity contribution in [2.75, 3.05) is 7.05 Å². The zero-order chi connectivity index (χ0) is 16.4. The van der Waals surface area contributed by atoms with Gasteiger partial charge in [-0.1, -0.05) is 0 Å². The van der Waals surface area contributed by atoms with Crippen molar-refractivity contribution in [1.82, 2.24) is 14.9 Å². The summed E-state index contributed by atoms with van der Waals surface area (Å²) in [6.07, 6.45) is 5.49. The Morgan fingerprint density at radius 3 is 2.78 bits per heavy atom. The molecular weight excluding hydrogens is 293 g/mol. The van der Waals surface area contributed by atoms with E-state index in [1.165, 1.54) is 12.1 Å². The Balaban J connectivity index is 1.77. The summed E-state index contributed by atoms with van der Waals surface area (Å²) >= 11 is 0. The number of nitrogens with zero attached hydrogens (tertiary/aromatic N) is 2. The number of amides is 1. The van der Waals surface area contributed by atoms with Crippen molar-refractivity contribution >= 4 is 16.8 Å². The number of H-pyrrole nitrogens is 1. The maximum Gasteiger partial charge on any atom is 0.227 e. The van der Waals surface area contributed by atoms with Crippen LogP contribution in [0.5, 0.6) is 0 Å². The van der Waals surface area contributed by atoms with Gasteiger partial charge >= 0.3 is 0 Å². The van der Waals surface area contributed by atoms with Crippen molar-refractivity contribution in [3.8, 4) is 0 Å². The lowest BCUT2D eigenvalue weighted by molar-refractivity contribution is -0.131. The molecular formula is C18H18FN3O. The minimum Gasteiger partial charge on any atom is -0.361 e. The molecule has 1 atom stereocenters. The van der Waals surface area contributed by atoms with Crippen LogP contribution >= 0.6 is 0 Å². The smallest absolute Gasteiger partial charge is 0.227 e. The van der Waals surface area contributed by atoms with Crippen molar-refractivity contribution in [2.24, 2.45) is 0 Å². The van der Waals surface area contributed by atoms with Gasteiger partial charge in [0, 0.05) is 36.5 Å². The Morgan fingerprint density at radius 1 is 1.30 bits per heavy atom. The first-order valence-electron chi connectivity index (χ1n) is 7.47. The normalized spacial score (nSPS) is 12.3. The Morgan fingerprint density at radius 2 is 2.04 bits per heavy atom. The lowest BCUT2D eigenvalue weighted by Gasteiger charge is -2.25. The van der Waals surface area contributed by atoms with E-state index in [4.69, 9.17) is 0 Å². The van der Waals surface area contributed by atoms with E-state index >= 15 is 0 Å². The van der Waals surface area contributed by atoms with Crippen LogP contribution in [0.2, 0.25) is 0 Å². The summed E-state index contributed by atoms with van der Waals surface area (Å²) in [4.78, 5) is 21.3. The minimum absolute atomic E-state index is 0.0135. The van der Waals surface area contributed by atoms with Crippen LogP contribution in [0.4, 0.5) is 4.39 Å². The number of pyridine rings is 1. The molecule has 118 valence electrons. The van der Waals surface area contributed by atoms with Crippen molar-refractivity contribution in [1.29, 1.82) is 0 Å². The Kier molecular flexibility index (Phi) is 4.10. The van der Waals surface area contributed by atoms with Gasteiger partial charge in [0.15, 0.2) is 0 Å². The molecule has 0 spiro atoms. The predicted molar refractivity (Wildman–Crippen MR) is 87.4 cm³/mol. The summed E-state index contributed by atoms with van der Waals surface area (Å²) in [5, 5.41) is 0.879. The first kappa shape index (κ1) is 15.2. The second-order valence-electron chi connectivity index (χ2n) is 5.64. The molecule has 0 fully saturated rings. The lowest BCUT2D eigenvalue weighted by Crippen LogP contribution is -2.30. The van der Waals surface area contributed by atoms with Crippen LogP contribution in [-0.4, -0.2) is 27.8 Å². The minimum atomic E-state index is -0.291. The van der Waals surface area contributed by atoms with Crippen LogP contribution < -0.4 is 0 Å². The van der Waals surface area contributed by atoms with Gasteiger partial charge in [0.05, 0.1) is 12.5 Å². The SMILES string of the molecule is C[C@@H](c1ccncc1)N(C)C(=O)Cc1c[nH]c2cc(F)ccc12. The van der Waals surface area contributed by atoms with Crippen molar-refractivity contribution in [3.63, 3.8) is 0 Å². The van der Waals surface area contributed by atoms with Gasteiger partial charge in [0.2, 0.25) is 5.91 Å². The largest absolute Gasteiger partial charge is 0.361 e. The molecule has 0 aliphatic carbocycles. The number of rotatable bonds is 4. The molecule has 1 aromatic carbocycles. The van der Waals surface area contributed by atoms with Gasteiger partial charge in [-0.25, -0.2) is 4.39 Å². The molecule has 3 aromatic rings. The highest BCUT2D eigenvalue weighted by molar-refractivity contribution is 5.89. The fourth-order valence-electron chi connectivity index (χ4n) is 2.67. The molecule has 0 unspecified atom stereocenters. The van der Waals surface area contributed by atoms with E-state index in [9.17, 15) is 9.18 Å². The lowest BCUT2D eigenvalue weighted by atomic mass is 10.1. The molecule has 0 saturated heterocycles. The molecule has 0 radical (unpaired) electrons. The molecule has 2 aromatic heterocycles. The fourth-order valence-corrected chi connectivity index (χ4v) is 2.67. The maximum absolute atomic E-state index is 13.2. The Bertz CT molecular complexity index is 829. The molecule has 0 saturated carbocycles. The first-order chi connectivity index (χ1) is 11.1. The third-order valence-corrected chi connectivity index (χ3v) is 4.23. The monoisotopic (exact) mass is 311 g/mol. The standard InChI is InChI=1S/C18H18FN3O/c1-12(13-5-7-20-8-6-13)22(2)18(23)9-14-11-21-17-10-15(19)3-4-16(14)17/h3-8,10-12,21H,9H2,1-2H3/t12-/m0/s1. The second kappa shape index (κ2) is 6.20. The molecule has 5 heteroatoms. The average Bonchev–Trinajstić information content (AvgIpc) is 2.96. The number of aromatic amines is 1. The number of fused-ring (bicyclic) bond motifs is 1. The van der Waals surface area contributed by atoms with Gasteiger partial charge in [0.25, 0.3) is 0 Å². The van der Waals surface area contributed by atoms with Crippen molar-refractivity contribution in [2.45, 2.75) is 19.4 Å². The zero-order valence-electron chi connectivity index (χ0n) is 13.1. The molecule has 1 N–H and O–H groups in total. The third-order valence-electron chi connectivity index (χ3n) is 4.23. The third kappa shape index (κ3) is 3.08. The van der Waals surface area contributed by atoms with Gasteiger partial charge in [-0.15, -0.1) is 0 Å². The predicted octanol–water partition coefficient (Wildman–Crippen LogP) is 3.46. The summed E-state index contributed by atoms with van der Waals surface area (Å²) in [7, 11) is 1.79. The number of nitrogens with one attached hydrogen (secondary N) is 1. The molecule has 0 bridgehead atoms. The molecule has 4 nitrogen and oxygen atoms in total. The van der Waals surface area contributed by atoms with Gasteiger partial charge < -0.3 is 9.88 Å². The summed E-state index contributed by atoms with van der Waals surface area (Å²) in [5.74, 6) is -0.278. The summed E-state index contributed by atoms with van der Waals surface area (Å²) < 4.78 is 13.2. The highest BCUT2D eigenvalue weighted by Crippen LogP contribution is 2.22. The molecule has 3 rings (SSSR count). The van der Waals surface area contributed by atoms with Crippen LogP contribution in [0, 0.1) is 5.82 Å². The highest BCUT2D eigenvalue weighted by Gasteiger charge is 2.19. The van der Waals surface area contributed by atoms with Crippen LogP contribution in [0.3, 0.4) is 0 Å².